The maximum absolute atomic E-state index is 12.3. The van der Waals surface area contributed by atoms with E-state index in [0.29, 0.717) is 17.2 Å². The van der Waals surface area contributed by atoms with Gasteiger partial charge in [-0.3, -0.25) is 4.79 Å². The largest absolute Gasteiger partial charge is 0.461 e. The molecule has 0 unspecified atom stereocenters. The zero-order valence-electron chi connectivity index (χ0n) is 12.4. The van der Waals surface area contributed by atoms with Gasteiger partial charge in [-0.15, -0.1) is 0 Å². The number of carbonyl (C=O) groups is 1. The number of rotatable bonds is 4. The van der Waals surface area contributed by atoms with Crippen LogP contribution in [-0.4, -0.2) is 20.6 Å². The van der Waals surface area contributed by atoms with Gasteiger partial charge in [0.25, 0.3) is 5.91 Å². The Labute approximate surface area is 136 Å². The summed E-state index contributed by atoms with van der Waals surface area (Å²) in [6.07, 6.45) is 6.73. The summed E-state index contributed by atoms with van der Waals surface area (Å²) in [4.78, 5) is 16.3. The van der Waals surface area contributed by atoms with Crippen molar-refractivity contribution in [1.29, 1.82) is 0 Å². The van der Waals surface area contributed by atoms with Crippen molar-refractivity contribution in [3.63, 3.8) is 0 Å². The van der Waals surface area contributed by atoms with Gasteiger partial charge in [-0.1, -0.05) is 11.2 Å². The van der Waals surface area contributed by atoms with Gasteiger partial charge in [-0.25, -0.2) is 4.98 Å². The molecular weight excluding hydrogens is 308 g/mol. The molecule has 4 aromatic rings. The molecule has 3 heterocycles. The Bertz CT molecular complexity index is 956. The summed E-state index contributed by atoms with van der Waals surface area (Å²) >= 11 is 0. The van der Waals surface area contributed by atoms with Crippen LogP contribution < -0.4 is 5.32 Å². The first-order valence-electron chi connectivity index (χ1n) is 7.20. The summed E-state index contributed by atoms with van der Waals surface area (Å²) in [7, 11) is 0. The van der Waals surface area contributed by atoms with Crippen molar-refractivity contribution in [2.24, 2.45) is 0 Å². The van der Waals surface area contributed by atoms with E-state index in [0.717, 1.165) is 5.69 Å². The quantitative estimate of drug-likeness (QED) is 0.623. The van der Waals surface area contributed by atoms with Gasteiger partial charge in [0.15, 0.2) is 11.5 Å². The van der Waals surface area contributed by atoms with Gasteiger partial charge < -0.3 is 18.8 Å². The lowest BCUT2D eigenvalue weighted by Crippen LogP contribution is -2.12. The van der Waals surface area contributed by atoms with Crippen LogP contribution in [0.4, 0.5) is 5.69 Å². The average molecular weight is 320 g/mol. The van der Waals surface area contributed by atoms with E-state index in [4.69, 9.17) is 8.94 Å². The summed E-state index contributed by atoms with van der Waals surface area (Å²) < 4.78 is 12.2. The first kappa shape index (κ1) is 14.0. The van der Waals surface area contributed by atoms with E-state index >= 15 is 0 Å². The van der Waals surface area contributed by atoms with Crippen LogP contribution in [0.1, 0.15) is 10.5 Å². The van der Waals surface area contributed by atoms with Gasteiger partial charge in [0, 0.05) is 29.8 Å². The van der Waals surface area contributed by atoms with E-state index in [1.54, 1.807) is 30.7 Å². The number of hydrogen-bond acceptors (Lipinski definition) is 5. The van der Waals surface area contributed by atoms with Gasteiger partial charge >= 0.3 is 0 Å². The van der Waals surface area contributed by atoms with Crippen molar-refractivity contribution in [1.82, 2.24) is 14.7 Å². The van der Waals surface area contributed by atoms with E-state index in [9.17, 15) is 4.79 Å². The molecule has 0 saturated carbocycles. The van der Waals surface area contributed by atoms with E-state index in [2.05, 4.69) is 15.5 Å². The second kappa shape index (κ2) is 5.88. The standard InChI is InChI=1S/C17H12N4O3/c22-17(14-10-16(24-20-14)15-5-2-8-23-15)19-12-3-1-4-13(9-12)21-7-6-18-11-21/h1-11H,(H,19,22). The highest BCUT2D eigenvalue weighted by Crippen LogP contribution is 2.21. The van der Waals surface area contributed by atoms with E-state index in [1.165, 1.54) is 12.3 Å². The summed E-state index contributed by atoms with van der Waals surface area (Å²) in [5.41, 5.74) is 1.71. The number of benzene rings is 1. The minimum Gasteiger partial charge on any atom is -0.461 e. The van der Waals surface area contributed by atoms with Crippen molar-refractivity contribution in [2.45, 2.75) is 0 Å². The van der Waals surface area contributed by atoms with E-state index < -0.39 is 0 Å². The molecule has 1 aromatic carbocycles. The lowest BCUT2D eigenvalue weighted by molar-refractivity contribution is 0.101. The maximum Gasteiger partial charge on any atom is 0.277 e. The third-order valence-electron chi connectivity index (χ3n) is 3.41. The van der Waals surface area contributed by atoms with Crippen molar-refractivity contribution >= 4 is 11.6 Å². The monoisotopic (exact) mass is 320 g/mol. The van der Waals surface area contributed by atoms with Crippen LogP contribution in [0.2, 0.25) is 0 Å². The molecule has 0 atom stereocenters. The maximum atomic E-state index is 12.3. The first-order chi connectivity index (χ1) is 11.8. The highest BCUT2D eigenvalue weighted by molar-refractivity contribution is 6.03. The molecule has 0 radical (unpaired) electrons. The molecule has 0 fully saturated rings. The summed E-state index contributed by atoms with van der Waals surface area (Å²) in [5, 5.41) is 6.57. The second-order valence-electron chi connectivity index (χ2n) is 5.03. The molecule has 0 saturated heterocycles. The molecule has 0 spiro atoms. The zero-order chi connectivity index (χ0) is 16.4. The predicted octanol–water partition coefficient (Wildman–Crippen LogP) is 3.37. The minimum absolute atomic E-state index is 0.175. The first-order valence-corrected chi connectivity index (χ1v) is 7.20. The van der Waals surface area contributed by atoms with Crippen LogP contribution in [0.25, 0.3) is 17.2 Å². The Morgan fingerprint density at radius 2 is 2.08 bits per heavy atom. The molecule has 1 N–H and O–H groups in total. The third kappa shape index (κ3) is 2.70. The number of hydrogen-bond donors (Lipinski definition) is 1. The van der Waals surface area contributed by atoms with Crippen LogP contribution in [-0.2, 0) is 0 Å². The molecule has 0 aliphatic heterocycles. The smallest absolute Gasteiger partial charge is 0.277 e. The number of nitrogens with one attached hydrogen (secondary N) is 1. The van der Waals surface area contributed by atoms with E-state index in [-0.39, 0.29) is 11.6 Å². The molecule has 7 nitrogen and oxygen atoms in total. The lowest BCUT2D eigenvalue weighted by atomic mass is 10.2. The molecule has 0 aliphatic carbocycles. The number of aromatic nitrogens is 3. The molecule has 7 heteroatoms. The molecule has 4 rings (SSSR count). The second-order valence-corrected chi connectivity index (χ2v) is 5.03. The van der Waals surface area contributed by atoms with Crippen LogP contribution in [0.15, 0.2) is 76.4 Å². The molecule has 0 bridgehead atoms. The van der Waals surface area contributed by atoms with Gasteiger partial charge in [-0.05, 0) is 30.3 Å². The Hall–Kier alpha value is -3.61. The zero-order valence-corrected chi connectivity index (χ0v) is 12.4. The third-order valence-corrected chi connectivity index (χ3v) is 3.41. The fourth-order valence-electron chi connectivity index (χ4n) is 2.27. The van der Waals surface area contributed by atoms with Crippen molar-refractivity contribution in [3.05, 3.63) is 73.1 Å². The van der Waals surface area contributed by atoms with E-state index in [1.807, 2.05) is 29.0 Å². The summed E-state index contributed by atoms with van der Waals surface area (Å²) in [5.74, 6) is 0.556. The fraction of sp³-hybridized carbons (Fsp3) is 0. The number of carbonyl (C=O) groups excluding carboxylic acids is 1. The van der Waals surface area contributed by atoms with Crippen molar-refractivity contribution in [3.8, 4) is 17.2 Å². The molecule has 118 valence electrons. The minimum atomic E-state index is -0.362. The molecule has 0 aliphatic rings. The lowest BCUT2D eigenvalue weighted by Gasteiger charge is -2.06. The summed E-state index contributed by atoms with van der Waals surface area (Å²) in [6, 6.07) is 12.4. The predicted molar refractivity (Wildman–Crippen MR) is 85.7 cm³/mol. The van der Waals surface area contributed by atoms with Gasteiger partial charge in [0.05, 0.1) is 12.6 Å². The number of furan rings is 1. The van der Waals surface area contributed by atoms with Crippen LogP contribution >= 0.6 is 0 Å². The number of anilines is 1. The van der Waals surface area contributed by atoms with Gasteiger partial charge in [-0.2, -0.15) is 0 Å². The van der Waals surface area contributed by atoms with Crippen LogP contribution in [0.5, 0.6) is 0 Å². The number of imidazole rings is 1. The Morgan fingerprint density at radius 1 is 1.12 bits per heavy atom. The highest BCUT2D eigenvalue weighted by atomic mass is 16.5. The van der Waals surface area contributed by atoms with Gasteiger partial charge in [0.2, 0.25) is 5.76 Å². The Kier molecular flexibility index (Phi) is 3.43. The van der Waals surface area contributed by atoms with Crippen LogP contribution in [0.3, 0.4) is 0 Å². The summed E-state index contributed by atoms with van der Waals surface area (Å²) in [6.45, 7) is 0. The Balaban J connectivity index is 1.53. The molecular formula is C17H12N4O3. The van der Waals surface area contributed by atoms with Crippen LogP contribution in [0, 0.1) is 0 Å². The van der Waals surface area contributed by atoms with Gasteiger partial charge in [0.1, 0.15) is 0 Å². The average Bonchev–Trinajstić information content (AvgIpc) is 3.36. The van der Waals surface area contributed by atoms with Crippen molar-refractivity contribution in [2.75, 3.05) is 5.32 Å². The van der Waals surface area contributed by atoms with Crippen molar-refractivity contribution < 1.29 is 13.7 Å². The topological polar surface area (TPSA) is 86.1 Å². The SMILES string of the molecule is O=C(Nc1cccc(-n2ccnc2)c1)c1cc(-c2ccco2)on1. The molecule has 24 heavy (non-hydrogen) atoms. The highest BCUT2D eigenvalue weighted by Gasteiger charge is 2.15. The number of amides is 1. The molecule has 1 amide bonds. The molecule has 3 aromatic heterocycles. The Morgan fingerprint density at radius 3 is 2.88 bits per heavy atom. The fourth-order valence-corrected chi connectivity index (χ4v) is 2.27. The normalized spacial score (nSPS) is 10.7. The number of nitrogens with zero attached hydrogens (tertiary/aromatic N) is 3.